The van der Waals surface area contributed by atoms with Crippen molar-refractivity contribution in [3.8, 4) is 5.75 Å². The molecule has 0 unspecified atom stereocenters. The van der Waals surface area contributed by atoms with E-state index in [4.69, 9.17) is 0 Å². The second-order valence-corrected chi connectivity index (χ2v) is 6.54. The zero-order valence-corrected chi connectivity index (χ0v) is 15.4. The molecule has 0 spiro atoms. The number of carbonyl (C=O) groups is 1. The van der Waals surface area contributed by atoms with Crippen molar-refractivity contribution in [3.63, 3.8) is 0 Å². The molecule has 0 saturated heterocycles. The van der Waals surface area contributed by atoms with Gasteiger partial charge in [-0.25, -0.2) is 4.98 Å². The Morgan fingerprint density at radius 2 is 1.76 bits per heavy atom. The smallest absolute Gasteiger partial charge is 0.274 e. The number of aromatic nitrogens is 3. The first-order chi connectivity index (χ1) is 14.1. The third kappa shape index (κ3) is 3.84. The van der Waals surface area contributed by atoms with E-state index in [1.54, 1.807) is 30.6 Å². The Morgan fingerprint density at radius 1 is 1.00 bits per heavy atom. The first kappa shape index (κ1) is 18.4. The summed E-state index contributed by atoms with van der Waals surface area (Å²) in [5.41, 5.74) is 1.66. The predicted octanol–water partition coefficient (Wildman–Crippen LogP) is 2.48. The molecule has 0 saturated carbocycles. The number of nitrogens with one attached hydrogen (secondary N) is 1. The quantitative estimate of drug-likeness (QED) is 0.549. The molecule has 144 valence electrons. The van der Waals surface area contributed by atoms with Gasteiger partial charge in [-0.2, -0.15) is 0 Å². The molecule has 0 bridgehead atoms. The SMILES string of the molecule is O=C(NCc1ccncc1)c1ncc2ccc(=O)n(Cc3ccccc3)c2c1O. The van der Waals surface area contributed by atoms with Gasteiger partial charge in [0, 0.05) is 36.6 Å². The van der Waals surface area contributed by atoms with Gasteiger partial charge in [-0.15, -0.1) is 0 Å². The second-order valence-electron chi connectivity index (χ2n) is 6.54. The maximum atomic E-state index is 12.6. The van der Waals surface area contributed by atoms with Crippen molar-refractivity contribution < 1.29 is 9.90 Å². The van der Waals surface area contributed by atoms with Gasteiger partial charge in [0.2, 0.25) is 0 Å². The molecule has 7 nitrogen and oxygen atoms in total. The normalized spacial score (nSPS) is 10.8. The van der Waals surface area contributed by atoms with Crippen LogP contribution in [0.15, 0.2) is 78.0 Å². The van der Waals surface area contributed by atoms with Crippen molar-refractivity contribution in [2.24, 2.45) is 0 Å². The number of benzene rings is 1. The van der Waals surface area contributed by atoms with E-state index in [0.717, 1.165) is 11.1 Å². The summed E-state index contributed by atoms with van der Waals surface area (Å²) in [6, 6.07) is 16.0. The number of hydrogen-bond acceptors (Lipinski definition) is 5. The maximum absolute atomic E-state index is 12.6. The average molecular weight is 386 g/mol. The summed E-state index contributed by atoms with van der Waals surface area (Å²) >= 11 is 0. The highest BCUT2D eigenvalue weighted by molar-refractivity contribution is 6.00. The molecule has 3 aromatic heterocycles. The lowest BCUT2D eigenvalue weighted by Gasteiger charge is -2.13. The summed E-state index contributed by atoms with van der Waals surface area (Å²) in [4.78, 5) is 33.1. The lowest BCUT2D eigenvalue weighted by atomic mass is 10.1. The van der Waals surface area contributed by atoms with Crippen molar-refractivity contribution in [3.05, 3.63) is 100 Å². The van der Waals surface area contributed by atoms with Crippen LogP contribution in [0.2, 0.25) is 0 Å². The van der Waals surface area contributed by atoms with E-state index in [1.807, 2.05) is 30.3 Å². The van der Waals surface area contributed by atoms with Crippen molar-refractivity contribution in [2.45, 2.75) is 13.1 Å². The molecule has 1 amide bonds. The van der Waals surface area contributed by atoms with Gasteiger partial charge in [0.1, 0.15) is 0 Å². The Morgan fingerprint density at radius 3 is 2.52 bits per heavy atom. The van der Waals surface area contributed by atoms with Crippen LogP contribution in [-0.4, -0.2) is 25.5 Å². The summed E-state index contributed by atoms with van der Waals surface area (Å²) < 4.78 is 1.45. The number of hydrogen-bond donors (Lipinski definition) is 2. The topological polar surface area (TPSA) is 97.1 Å². The Hall–Kier alpha value is -4.00. The first-order valence-electron chi connectivity index (χ1n) is 9.06. The second kappa shape index (κ2) is 7.93. The largest absolute Gasteiger partial charge is 0.504 e. The molecule has 0 fully saturated rings. The van der Waals surface area contributed by atoms with Crippen LogP contribution < -0.4 is 10.9 Å². The van der Waals surface area contributed by atoms with Crippen LogP contribution in [0.3, 0.4) is 0 Å². The summed E-state index contributed by atoms with van der Waals surface area (Å²) in [7, 11) is 0. The van der Waals surface area contributed by atoms with Crippen LogP contribution in [0, 0.1) is 0 Å². The minimum Gasteiger partial charge on any atom is -0.504 e. The number of fused-ring (bicyclic) bond motifs is 1. The number of pyridine rings is 3. The molecule has 3 heterocycles. The fraction of sp³-hybridized carbons (Fsp3) is 0.0909. The van der Waals surface area contributed by atoms with Crippen molar-refractivity contribution in [1.29, 1.82) is 0 Å². The Labute approximate surface area is 166 Å². The lowest BCUT2D eigenvalue weighted by Crippen LogP contribution is -2.25. The first-order valence-corrected chi connectivity index (χ1v) is 9.06. The monoisotopic (exact) mass is 386 g/mol. The summed E-state index contributed by atoms with van der Waals surface area (Å²) in [5.74, 6) is -0.841. The number of nitrogens with zero attached hydrogens (tertiary/aromatic N) is 3. The number of carbonyl (C=O) groups excluding carboxylic acids is 1. The molecule has 4 aromatic rings. The van der Waals surface area contributed by atoms with Gasteiger partial charge in [-0.1, -0.05) is 30.3 Å². The minimum absolute atomic E-state index is 0.126. The van der Waals surface area contributed by atoms with Gasteiger partial charge in [0.25, 0.3) is 11.5 Å². The molecular weight excluding hydrogens is 368 g/mol. The van der Waals surface area contributed by atoms with E-state index in [2.05, 4.69) is 15.3 Å². The molecule has 0 atom stereocenters. The number of aromatic hydroxyl groups is 1. The molecule has 29 heavy (non-hydrogen) atoms. The molecule has 4 rings (SSSR count). The third-order valence-corrected chi connectivity index (χ3v) is 4.60. The highest BCUT2D eigenvalue weighted by Crippen LogP contribution is 2.26. The molecule has 2 N–H and O–H groups in total. The van der Waals surface area contributed by atoms with Crippen LogP contribution in [0.5, 0.6) is 5.75 Å². The minimum atomic E-state index is -0.524. The van der Waals surface area contributed by atoms with E-state index in [0.29, 0.717) is 5.39 Å². The van der Waals surface area contributed by atoms with E-state index >= 15 is 0 Å². The van der Waals surface area contributed by atoms with Crippen LogP contribution in [0.4, 0.5) is 0 Å². The Bertz CT molecular complexity index is 1220. The van der Waals surface area contributed by atoms with Gasteiger partial charge in [0.05, 0.1) is 12.1 Å². The third-order valence-electron chi connectivity index (χ3n) is 4.60. The zero-order valence-electron chi connectivity index (χ0n) is 15.4. The molecule has 1 aromatic carbocycles. The van der Waals surface area contributed by atoms with Gasteiger partial charge in [-0.05, 0) is 29.3 Å². The number of rotatable bonds is 5. The fourth-order valence-corrected chi connectivity index (χ4v) is 3.13. The van der Waals surface area contributed by atoms with E-state index < -0.39 is 5.91 Å². The lowest BCUT2D eigenvalue weighted by molar-refractivity contribution is 0.0943. The van der Waals surface area contributed by atoms with Gasteiger partial charge in [0.15, 0.2) is 11.4 Å². The number of amides is 1. The van der Waals surface area contributed by atoms with Crippen molar-refractivity contribution >= 4 is 16.8 Å². The van der Waals surface area contributed by atoms with Crippen LogP contribution in [0.1, 0.15) is 21.6 Å². The molecule has 0 aliphatic carbocycles. The standard InChI is InChI=1S/C22H18N4O3/c27-18-7-6-17-13-24-19(22(29)25-12-15-8-10-23-11-9-15)21(28)20(17)26(18)14-16-4-2-1-3-5-16/h1-11,13,28H,12,14H2,(H,25,29). The van der Waals surface area contributed by atoms with Gasteiger partial charge >= 0.3 is 0 Å². The highest BCUT2D eigenvalue weighted by atomic mass is 16.3. The Kier molecular flexibility index (Phi) is 5.03. The maximum Gasteiger partial charge on any atom is 0.274 e. The molecule has 0 aliphatic rings. The van der Waals surface area contributed by atoms with E-state index in [1.165, 1.54) is 16.8 Å². The van der Waals surface area contributed by atoms with Gasteiger partial charge in [-0.3, -0.25) is 14.6 Å². The summed E-state index contributed by atoms with van der Waals surface area (Å²) in [6.07, 6.45) is 4.75. The summed E-state index contributed by atoms with van der Waals surface area (Å²) in [6.45, 7) is 0.540. The summed E-state index contributed by atoms with van der Waals surface area (Å²) in [5, 5.41) is 14.1. The molecule has 0 radical (unpaired) electrons. The average Bonchev–Trinajstić information content (AvgIpc) is 2.75. The molecule has 0 aliphatic heterocycles. The van der Waals surface area contributed by atoms with Crippen LogP contribution in [-0.2, 0) is 13.1 Å². The fourth-order valence-electron chi connectivity index (χ4n) is 3.13. The van der Waals surface area contributed by atoms with Gasteiger partial charge < -0.3 is 15.0 Å². The van der Waals surface area contributed by atoms with E-state index in [-0.39, 0.29) is 35.6 Å². The molecular formula is C22H18N4O3. The van der Waals surface area contributed by atoms with Crippen LogP contribution in [0.25, 0.3) is 10.9 Å². The van der Waals surface area contributed by atoms with Crippen LogP contribution >= 0.6 is 0 Å². The zero-order chi connectivity index (χ0) is 20.2. The predicted molar refractivity (Wildman–Crippen MR) is 109 cm³/mol. The Balaban J connectivity index is 1.71. The molecule has 7 heteroatoms. The highest BCUT2D eigenvalue weighted by Gasteiger charge is 2.18. The van der Waals surface area contributed by atoms with Crippen molar-refractivity contribution in [2.75, 3.05) is 0 Å². The van der Waals surface area contributed by atoms with Crippen molar-refractivity contribution in [1.82, 2.24) is 19.9 Å². The van der Waals surface area contributed by atoms with E-state index in [9.17, 15) is 14.7 Å².